The first kappa shape index (κ1) is 21.2. The van der Waals surface area contributed by atoms with Crippen LogP contribution in [0.1, 0.15) is 11.1 Å². The van der Waals surface area contributed by atoms with Crippen molar-refractivity contribution in [1.29, 1.82) is 5.26 Å². The van der Waals surface area contributed by atoms with Crippen LogP contribution in [0, 0.1) is 11.3 Å². The number of hydrogen-bond donors (Lipinski definition) is 2. The average Bonchev–Trinajstić information content (AvgIpc) is 3.28. The van der Waals surface area contributed by atoms with Crippen molar-refractivity contribution in [2.75, 3.05) is 26.4 Å². The smallest absolute Gasteiger partial charge is 0.183 e. The van der Waals surface area contributed by atoms with Crippen molar-refractivity contribution >= 4 is 17.2 Å². The maximum absolute atomic E-state index is 10.0. The van der Waals surface area contributed by atoms with E-state index in [0.717, 1.165) is 16.7 Å². The van der Waals surface area contributed by atoms with Gasteiger partial charge in [-0.3, -0.25) is 0 Å². The van der Waals surface area contributed by atoms with Gasteiger partial charge < -0.3 is 19.9 Å². The van der Waals surface area contributed by atoms with E-state index in [2.05, 4.69) is 21.5 Å². The summed E-state index contributed by atoms with van der Waals surface area (Å²) in [5.74, 6) is 1.77. The second kappa shape index (κ2) is 9.08. The van der Waals surface area contributed by atoms with Crippen molar-refractivity contribution in [3.8, 4) is 40.1 Å². The van der Waals surface area contributed by atoms with E-state index in [1.807, 2.05) is 48.7 Å². The molecule has 2 aromatic carbocycles. The lowest BCUT2D eigenvalue weighted by atomic mass is 9.95. The van der Waals surface area contributed by atoms with Gasteiger partial charge in [0.25, 0.3) is 0 Å². The fraction of sp³-hybridized carbons (Fsp3) is 0.208. The molecule has 4 aromatic rings. The number of aliphatic hydroxyl groups excluding tert-OH is 1. The summed E-state index contributed by atoms with van der Waals surface area (Å²) in [5, 5.41) is 27.2. The molecule has 0 saturated heterocycles. The van der Waals surface area contributed by atoms with E-state index in [0.29, 0.717) is 65.4 Å². The summed E-state index contributed by atoms with van der Waals surface area (Å²) in [5.41, 5.74) is 4.09. The Balaban J connectivity index is 1.56. The predicted molar refractivity (Wildman–Crippen MR) is 123 cm³/mol. The molecule has 9 heteroatoms. The number of nitriles is 1. The van der Waals surface area contributed by atoms with Crippen molar-refractivity contribution in [2.45, 2.75) is 6.54 Å². The Morgan fingerprint density at radius 3 is 2.76 bits per heavy atom. The monoisotopic (exact) mass is 461 g/mol. The summed E-state index contributed by atoms with van der Waals surface area (Å²) >= 11 is 6.45. The van der Waals surface area contributed by atoms with Crippen molar-refractivity contribution < 1.29 is 14.6 Å². The minimum atomic E-state index is 0.0557. The summed E-state index contributed by atoms with van der Waals surface area (Å²) in [6.45, 7) is 2.09. The standard InChI is InChI=1S/C24H20ClN5O3/c25-20-10-15(13-27-6-7-31)14-30-24(20)28-23(29-30)18-3-1-2-17(19(18)12-26)16-4-5-21-22(11-16)33-9-8-32-21/h1-5,10-11,14,27,31H,6-9,13H2. The van der Waals surface area contributed by atoms with Gasteiger partial charge in [0.15, 0.2) is 23.0 Å². The van der Waals surface area contributed by atoms with Gasteiger partial charge in [0.05, 0.1) is 17.2 Å². The molecule has 0 bridgehead atoms. The Labute approximate surface area is 195 Å². The number of nitrogens with one attached hydrogen (secondary N) is 1. The zero-order chi connectivity index (χ0) is 22.8. The highest BCUT2D eigenvalue weighted by molar-refractivity contribution is 6.33. The Bertz CT molecular complexity index is 1380. The summed E-state index contributed by atoms with van der Waals surface area (Å²) in [6.07, 6.45) is 1.83. The number of pyridine rings is 1. The average molecular weight is 462 g/mol. The minimum Gasteiger partial charge on any atom is -0.486 e. The molecular weight excluding hydrogens is 442 g/mol. The SMILES string of the molecule is N#Cc1c(-c2ccc3c(c2)OCCO3)cccc1-c1nc2c(Cl)cc(CNCCO)cn2n1. The van der Waals surface area contributed by atoms with Gasteiger partial charge >= 0.3 is 0 Å². The minimum absolute atomic E-state index is 0.0557. The van der Waals surface area contributed by atoms with Crippen LogP contribution in [0.2, 0.25) is 5.02 Å². The number of rotatable bonds is 6. The predicted octanol–water partition coefficient (Wildman–Crippen LogP) is 3.44. The van der Waals surface area contributed by atoms with Crippen molar-refractivity contribution in [3.05, 3.63) is 64.8 Å². The molecule has 0 radical (unpaired) electrons. The lowest BCUT2D eigenvalue weighted by Gasteiger charge is -2.19. The first-order chi connectivity index (χ1) is 16.2. The molecule has 33 heavy (non-hydrogen) atoms. The quantitative estimate of drug-likeness (QED) is 0.424. The second-order valence-electron chi connectivity index (χ2n) is 7.50. The number of hydrogen-bond acceptors (Lipinski definition) is 7. The van der Waals surface area contributed by atoms with Crippen LogP contribution < -0.4 is 14.8 Å². The third-order valence-electron chi connectivity index (χ3n) is 5.33. The van der Waals surface area contributed by atoms with Gasteiger partial charge in [-0.15, -0.1) is 5.10 Å². The maximum atomic E-state index is 10.0. The number of ether oxygens (including phenoxy) is 2. The Morgan fingerprint density at radius 2 is 1.94 bits per heavy atom. The number of fused-ring (bicyclic) bond motifs is 2. The van der Waals surface area contributed by atoms with Crippen LogP contribution in [-0.4, -0.2) is 46.1 Å². The van der Waals surface area contributed by atoms with Gasteiger partial charge in [0, 0.05) is 30.4 Å². The molecule has 5 rings (SSSR count). The van der Waals surface area contributed by atoms with E-state index in [1.165, 1.54) is 0 Å². The molecule has 0 fully saturated rings. The molecule has 0 saturated carbocycles. The molecule has 2 aromatic heterocycles. The molecule has 8 nitrogen and oxygen atoms in total. The molecule has 166 valence electrons. The molecule has 0 atom stereocenters. The highest BCUT2D eigenvalue weighted by Gasteiger charge is 2.19. The largest absolute Gasteiger partial charge is 0.486 e. The maximum Gasteiger partial charge on any atom is 0.183 e. The van der Waals surface area contributed by atoms with E-state index < -0.39 is 0 Å². The van der Waals surface area contributed by atoms with E-state index in [9.17, 15) is 5.26 Å². The van der Waals surface area contributed by atoms with Crippen LogP contribution in [0.5, 0.6) is 11.5 Å². The van der Waals surface area contributed by atoms with Gasteiger partial charge in [-0.05, 0) is 35.4 Å². The normalized spacial score (nSPS) is 12.6. The number of halogens is 1. The molecule has 3 heterocycles. The Morgan fingerprint density at radius 1 is 1.12 bits per heavy atom. The topological polar surface area (TPSA) is 105 Å². The number of nitrogens with zero attached hydrogens (tertiary/aromatic N) is 4. The van der Waals surface area contributed by atoms with Crippen molar-refractivity contribution in [1.82, 2.24) is 19.9 Å². The molecule has 0 amide bonds. The summed E-state index contributed by atoms with van der Waals surface area (Å²) in [4.78, 5) is 4.60. The van der Waals surface area contributed by atoms with Crippen molar-refractivity contribution in [2.24, 2.45) is 0 Å². The number of benzene rings is 2. The van der Waals surface area contributed by atoms with E-state index in [1.54, 1.807) is 4.52 Å². The van der Waals surface area contributed by atoms with Gasteiger partial charge in [0.1, 0.15) is 19.3 Å². The molecule has 1 aliphatic heterocycles. The van der Waals surface area contributed by atoms with Gasteiger partial charge in [-0.2, -0.15) is 5.26 Å². The van der Waals surface area contributed by atoms with Gasteiger partial charge in [-0.25, -0.2) is 9.50 Å². The first-order valence-corrected chi connectivity index (χ1v) is 10.9. The van der Waals surface area contributed by atoms with Gasteiger partial charge in [0.2, 0.25) is 0 Å². The molecular formula is C24H20ClN5O3. The zero-order valence-electron chi connectivity index (χ0n) is 17.6. The second-order valence-corrected chi connectivity index (χ2v) is 7.91. The summed E-state index contributed by atoms with van der Waals surface area (Å²) in [7, 11) is 0. The molecule has 0 spiro atoms. The fourth-order valence-electron chi connectivity index (χ4n) is 3.83. The number of aliphatic hydroxyl groups is 1. The third-order valence-corrected chi connectivity index (χ3v) is 5.61. The van der Waals surface area contributed by atoms with Crippen LogP contribution in [0.3, 0.4) is 0 Å². The third kappa shape index (κ3) is 4.10. The fourth-order valence-corrected chi connectivity index (χ4v) is 4.10. The lowest BCUT2D eigenvalue weighted by molar-refractivity contribution is 0.171. The molecule has 2 N–H and O–H groups in total. The summed E-state index contributed by atoms with van der Waals surface area (Å²) in [6, 6.07) is 15.4. The molecule has 0 aliphatic carbocycles. The Hall–Kier alpha value is -3.64. The van der Waals surface area contributed by atoms with Crippen LogP contribution in [-0.2, 0) is 6.54 Å². The molecule has 1 aliphatic rings. The number of aromatic nitrogens is 3. The molecule has 0 unspecified atom stereocenters. The van der Waals surface area contributed by atoms with Gasteiger partial charge in [-0.1, -0.05) is 29.8 Å². The van der Waals surface area contributed by atoms with E-state index in [-0.39, 0.29) is 6.61 Å². The lowest BCUT2D eigenvalue weighted by Crippen LogP contribution is -2.17. The van der Waals surface area contributed by atoms with E-state index in [4.69, 9.17) is 26.2 Å². The van der Waals surface area contributed by atoms with Crippen LogP contribution >= 0.6 is 11.6 Å². The van der Waals surface area contributed by atoms with Crippen LogP contribution in [0.25, 0.3) is 28.2 Å². The first-order valence-electron chi connectivity index (χ1n) is 10.5. The zero-order valence-corrected chi connectivity index (χ0v) is 18.3. The summed E-state index contributed by atoms with van der Waals surface area (Å²) < 4.78 is 12.9. The highest BCUT2D eigenvalue weighted by Crippen LogP contribution is 2.37. The Kier molecular flexibility index (Phi) is 5.84. The highest BCUT2D eigenvalue weighted by atomic mass is 35.5. The van der Waals surface area contributed by atoms with Crippen molar-refractivity contribution in [3.63, 3.8) is 0 Å². The van der Waals surface area contributed by atoms with Crippen LogP contribution in [0.4, 0.5) is 0 Å². The van der Waals surface area contributed by atoms with Crippen LogP contribution in [0.15, 0.2) is 48.7 Å². The van der Waals surface area contributed by atoms with E-state index >= 15 is 0 Å².